The van der Waals surface area contributed by atoms with Gasteiger partial charge in [-0.15, -0.1) is 0 Å². The summed E-state index contributed by atoms with van der Waals surface area (Å²) in [6, 6.07) is 0. The second-order valence-corrected chi connectivity index (χ2v) is 6.16. The lowest BCUT2D eigenvalue weighted by molar-refractivity contribution is 0.244. The first kappa shape index (κ1) is 12.9. The van der Waals surface area contributed by atoms with Gasteiger partial charge in [0.1, 0.15) is 0 Å². The van der Waals surface area contributed by atoms with Gasteiger partial charge in [-0.1, -0.05) is 19.8 Å². The Balaban J connectivity index is 4.45. The zero-order valence-electron chi connectivity index (χ0n) is 9.29. The molecule has 0 heterocycles. The van der Waals surface area contributed by atoms with Crippen molar-refractivity contribution in [1.82, 2.24) is 4.31 Å². The Morgan fingerprint density at radius 1 is 1.31 bits per heavy atom. The standard InChI is InChI=1S/C9H21NO2S/c1-6-7-8-9(2,3)10(4)13(5,11)12/h6-8H2,1-5H3. The van der Waals surface area contributed by atoms with Gasteiger partial charge in [0.05, 0.1) is 6.26 Å². The highest BCUT2D eigenvalue weighted by molar-refractivity contribution is 7.88. The van der Waals surface area contributed by atoms with Crippen LogP contribution in [0.5, 0.6) is 0 Å². The molecular formula is C9H21NO2S. The highest BCUT2D eigenvalue weighted by Gasteiger charge is 2.29. The van der Waals surface area contributed by atoms with E-state index < -0.39 is 10.0 Å². The van der Waals surface area contributed by atoms with Gasteiger partial charge in [0.2, 0.25) is 10.0 Å². The fraction of sp³-hybridized carbons (Fsp3) is 1.00. The minimum Gasteiger partial charge on any atom is -0.212 e. The average molecular weight is 207 g/mol. The first-order chi connectivity index (χ1) is 5.72. The first-order valence-corrected chi connectivity index (χ1v) is 6.50. The largest absolute Gasteiger partial charge is 0.212 e. The van der Waals surface area contributed by atoms with E-state index in [9.17, 15) is 8.42 Å². The Labute approximate surface area is 82.2 Å². The van der Waals surface area contributed by atoms with Crippen LogP contribution in [0.2, 0.25) is 0 Å². The third-order valence-corrected chi connectivity index (χ3v) is 3.98. The highest BCUT2D eigenvalue weighted by atomic mass is 32.2. The van der Waals surface area contributed by atoms with Gasteiger partial charge >= 0.3 is 0 Å². The molecule has 0 saturated heterocycles. The van der Waals surface area contributed by atoms with Crippen molar-refractivity contribution in [2.24, 2.45) is 0 Å². The summed E-state index contributed by atoms with van der Waals surface area (Å²) in [6.07, 6.45) is 4.32. The van der Waals surface area contributed by atoms with E-state index in [4.69, 9.17) is 0 Å². The van der Waals surface area contributed by atoms with Crippen LogP contribution in [0.25, 0.3) is 0 Å². The Kier molecular flexibility index (Phi) is 4.39. The van der Waals surface area contributed by atoms with Crippen molar-refractivity contribution in [2.75, 3.05) is 13.3 Å². The van der Waals surface area contributed by atoms with E-state index in [0.717, 1.165) is 19.3 Å². The second kappa shape index (κ2) is 4.42. The van der Waals surface area contributed by atoms with E-state index >= 15 is 0 Å². The van der Waals surface area contributed by atoms with E-state index in [1.807, 2.05) is 13.8 Å². The van der Waals surface area contributed by atoms with Gasteiger partial charge in [-0.3, -0.25) is 0 Å². The molecule has 0 rings (SSSR count). The summed E-state index contributed by atoms with van der Waals surface area (Å²) >= 11 is 0. The van der Waals surface area contributed by atoms with Crippen molar-refractivity contribution in [2.45, 2.75) is 45.6 Å². The average Bonchev–Trinajstić information content (AvgIpc) is 1.98. The van der Waals surface area contributed by atoms with Gasteiger partial charge in [-0.25, -0.2) is 8.42 Å². The summed E-state index contributed by atoms with van der Waals surface area (Å²) in [5, 5.41) is 0. The molecule has 0 aromatic heterocycles. The molecule has 80 valence electrons. The SMILES string of the molecule is CCCCC(C)(C)N(C)S(C)(=O)=O. The molecule has 4 heteroatoms. The van der Waals surface area contributed by atoms with Crippen LogP contribution in [0.15, 0.2) is 0 Å². The van der Waals surface area contributed by atoms with Crippen molar-refractivity contribution in [3.63, 3.8) is 0 Å². The quantitative estimate of drug-likeness (QED) is 0.690. The second-order valence-electron chi connectivity index (χ2n) is 4.15. The van der Waals surface area contributed by atoms with E-state index in [1.54, 1.807) is 7.05 Å². The minimum absolute atomic E-state index is 0.260. The van der Waals surface area contributed by atoms with Crippen LogP contribution in [-0.2, 0) is 10.0 Å². The number of hydrogen-bond acceptors (Lipinski definition) is 2. The lowest BCUT2D eigenvalue weighted by Gasteiger charge is -2.33. The Bertz CT molecular complexity index is 244. The fourth-order valence-corrected chi connectivity index (χ4v) is 2.20. The molecule has 0 aliphatic carbocycles. The summed E-state index contributed by atoms with van der Waals surface area (Å²) in [7, 11) is -1.41. The molecule has 0 unspecified atom stereocenters. The van der Waals surface area contributed by atoms with Crippen LogP contribution < -0.4 is 0 Å². The number of rotatable bonds is 5. The molecule has 0 aliphatic heterocycles. The maximum atomic E-state index is 11.3. The molecule has 0 amide bonds. The predicted octanol–water partition coefficient (Wildman–Crippen LogP) is 1.85. The number of nitrogens with zero attached hydrogens (tertiary/aromatic N) is 1. The smallest absolute Gasteiger partial charge is 0.211 e. The molecule has 0 aliphatic rings. The topological polar surface area (TPSA) is 37.4 Å². The molecule has 0 fully saturated rings. The molecule has 0 radical (unpaired) electrons. The fourth-order valence-electron chi connectivity index (χ4n) is 1.22. The molecule has 0 spiro atoms. The maximum Gasteiger partial charge on any atom is 0.211 e. The van der Waals surface area contributed by atoms with Gasteiger partial charge in [-0.05, 0) is 20.3 Å². The maximum absolute atomic E-state index is 11.3. The number of unbranched alkanes of at least 4 members (excludes halogenated alkanes) is 1. The first-order valence-electron chi connectivity index (χ1n) is 4.66. The van der Waals surface area contributed by atoms with Crippen LogP contribution >= 0.6 is 0 Å². The molecular weight excluding hydrogens is 186 g/mol. The molecule has 0 atom stereocenters. The normalized spacial score (nSPS) is 13.7. The van der Waals surface area contributed by atoms with E-state index in [-0.39, 0.29) is 5.54 Å². The molecule has 0 bridgehead atoms. The zero-order chi connectivity index (χ0) is 10.7. The lowest BCUT2D eigenvalue weighted by Crippen LogP contribution is -2.44. The summed E-state index contributed by atoms with van der Waals surface area (Å²) in [4.78, 5) is 0. The number of hydrogen-bond donors (Lipinski definition) is 0. The highest BCUT2D eigenvalue weighted by Crippen LogP contribution is 2.22. The van der Waals surface area contributed by atoms with Gasteiger partial charge < -0.3 is 0 Å². The molecule has 13 heavy (non-hydrogen) atoms. The van der Waals surface area contributed by atoms with Crippen molar-refractivity contribution in [3.05, 3.63) is 0 Å². The van der Waals surface area contributed by atoms with E-state index in [2.05, 4.69) is 6.92 Å². The Hall–Kier alpha value is -0.0900. The monoisotopic (exact) mass is 207 g/mol. The molecule has 0 N–H and O–H groups in total. The van der Waals surface area contributed by atoms with E-state index in [0.29, 0.717) is 0 Å². The van der Waals surface area contributed by atoms with Crippen molar-refractivity contribution in [1.29, 1.82) is 0 Å². The van der Waals surface area contributed by atoms with Gasteiger partial charge in [0.15, 0.2) is 0 Å². The molecule has 3 nitrogen and oxygen atoms in total. The molecule has 0 saturated carbocycles. The van der Waals surface area contributed by atoms with Crippen LogP contribution in [-0.4, -0.2) is 31.6 Å². The summed E-state index contributed by atoms with van der Waals surface area (Å²) in [5.41, 5.74) is -0.260. The predicted molar refractivity (Wildman–Crippen MR) is 56.2 cm³/mol. The minimum atomic E-state index is -3.06. The lowest BCUT2D eigenvalue weighted by atomic mass is 9.98. The summed E-state index contributed by atoms with van der Waals surface area (Å²) in [6.45, 7) is 6.03. The van der Waals surface area contributed by atoms with Crippen molar-refractivity contribution < 1.29 is 8.42 Å². The van der Waals surface area contributed by atoms with E-state index in [1.165, 1.54) is 10.6 Å². The zero-order valence-corrected chi connectivity index (χ0v) is 10.1. The van der Waals surface area contributed by atoms with Gasteiger partial charge in [-0.2, -0.15) is 4.31 Å². The van der Waals surface area contributed by atoms with Crippen molar-refractivity contribution in [3.8, 4) is 0 Å². The van der Waals surface area contributed by atoms with Gasteiger partial charge in [0, 0.05) is 12.6 Å². The summed E-state index contributed by atoms with van der Waals surface area (Å²) < 4.78 is 24.0. The molecule has 0 aromatic rings. The molecule has 0 aromatic carbocycles. The van der Waals surface area contributed by atoms with Crippen LogP contribution in [0.4, 0.5) is 0 Å². The summed E-state index contributed by atoms with van der Waals surface area (Å²) in [5.74, 6) is 0. The third-order valence-electron chi connectivity index (χ3n) is 2.49. The van der Waals surface area contributed by atoms with Gasteiger partial charge in [0.25, 0.3) is 0 Å². The van der Waals surface area contributed by atoms with Crippen LogP contribution in [0, 0.1) is 0 Å². The Morgan fingerprint density at radius 3 is 2.08 bits per heavy atom. The van der Waals surface area contributed by atoms with Crippen LogP contribution in [0.3, 0.4) is 0 Å². The number of sulfonamides is 1. The van der Waals surface area contributed by atoms with Crippen LogP contribution in [0.1, 0.15) is 40.0 Å². The Morgan fingerprint density at radius 2 is 1.77 bits per heavy atom. The third kappa shape index (κ3) is 4.09. The van der Waals surface area contributed by atoms with Crippen molar-refractivity contribution >= 4 is 10.0 Å².